The predicted octanol–water partition coefficient (Wildman–Crippen LogP) is 4.49. The molecule has 0 spiro atoms. The normalized spacial score (nSPS) is 28.4. The standard InChI is InChI=1S/C11H15BBrO2.C5H4Br.Fe/c1-10(2)11(3,4)15-12(14-10)8-5-6-9(13)7-8;6-5-3-1-2-4-5;/h5-7H,1-4H3;1-4H;/q;;+2. The van der Waals surface area contributed by atoms with Crippen LogP contribution in [0.25, 0.3) is 0 Å². The Labute approximate surface area is 164 Å². The molecule has 0 aromatic carbocycles. The van der Waals surface area contributed by atoms with E-state index in [4.69, 9.17) is 9.31 Å². The van der Waals surface area contributed by atoms with Gasteiger partial charge in [-0.15, -0.1) is 0 Å². The Kier molecular flexibility index (Phi) is 8.52. The van der Waals surface area contributed by atoms with Crippen molar-refractivity contribution < 1.29 is 26.4 Å². The molecule has 118 valence electrons. The molecule has 0 atom stereocenters. The van der Waals surface area contributed by atoms with Gasteiger partial charge in [-0.1, -0.05) is 31.9 Å². The summed E-state index contributed by atoms with van der Waals surface area (Å²) in [5, 5.41) is 0. The Balaban J connectivity index is 0.000000293. The van der Waals surface area contributed by atoms with E-state index in [9.17, 15) is 0 Å². The SMILES string of the molecule is Br[C]1[CH][CH][CH][CH]1.CC1(C)OB([C]2[CH][CH][C](Br)[CH]2)OC1(C)C.[Fe+2]. The molecular formula is C16H19BBr2FeO2+2. The van der Waals surface area contributed by atoms with Crippen LogP contribution in [-0.2, 0) is 26.4 Å². The Hall–Kier alpha value is 1.46. The Bertz CT molecular complexity index is 333. The minimum Gasteiger partial charge on any atom is -0.403 e. The summed E-state index contributed by atoms with van der Waals surface area (Å²) in [7, 11) is -0.249. The first kappa shape index (κ1) is 21.5. The van der Waals surface area contributed by atoms with Crippen LogP contribution in [0.1, 0.15) is 27.7 Å². The fourth-order valence-electron chi connectivity index (χ4n) is 1.91. The topological polar surface area (TPSA) is 18.5 Å². The van der Waals surface area contributed by atoms with Crippen molar-refractivity contribution in [2.45, 2.75) is 38.9 Å². The molecule has 0 N–H and O–H groups in total. The zero-order valence-corrected chi connectivity index (χ0v) is 17.3. The van der Waals surface area contributed by atoms with Crippen molar-refractivity contribution in [2.75, 3.05) is 0 Å². The average Bonchev–Trinajstić information content (AvgIpc) is 3.03. The van der Waals surface area contributed by atoms with Crippen molar-refractivity contribution in [2.24, 2.45) is 0 Å². The maximum absolute atomic E-state index is 5.92. The van der Waals surface area contributed by atoms with Crippen LogP contribution in [0.2, 0.25) is 0 Å². The molecule has 10 radical (unpaired) electrons. The second kappa shape index (κ2) is 8.71. The van der Waals surface area contributed by atoms with Gasteiger partial charge in [0.1, 0.15) is 0 Å². The van der Waals surface area contributed by atoms with Crippen LogP contribution < -0.4 is 0 Å². The summed E-state index contributed by atoms with van der Waals surface area (Å²) < 4.78 is 11.8. The fraction of sp³-hybridized carbons (Fsp3) is 0.375. The van der Waals surface area contributed by atoms with Crippen molar-refractivity contribution >= 4 is 39.0 Å². The number of hydrogen-bond acceptors (Lipinski definition) is 2. The van der Waals surface area contributed by atoms with Crippen molar-refractivity contribution in [3.63, 3.8) is 0 Å². The minimum atomic E-state index is -0.262. The summed E-state index contributed by atoms with van der Waals surface area (Å²) in [5.41, 5.74) is -0.525. The van der Waals surface area contributed by atoms with E-state index in [1.165, 1.54) is 0 Å². The molecule has 3 aliphatic rings. The van der Waals surface area contributed by atoms with Crippen molar-refractivity contribution in [1.82, 2.24) is 0 Å². The average molecular weight is 470 g/mol. The molecule has 2 nitrogen and oxygen atoms in total. The molecule has 0 unspecified atom stereocenters. The van der Waals surface area contributed by atoms with Crippen LogP contribution >= 0.6 is 31.9 Å². The van der Waals surface area contributed by atoms with E-state index in [1.54, 1.807) is 0 Å². The molecule has 1 saturated heterocycles. The van der Waals surface area contributed by atoms with Gasteiger partial charge >= 0.3 is 24.2 Å². The van der Waals surface area contributed by atoms with E-state index in [0.717, 1.165) is 15.5 Å². The predicted molar refractivity (Wildman–Crippen MR) is 93.8 cm³/mol. The summed E-state index contributed by atoms with van der Waals surface area (Å²) in [6.07, 6.45) is 14.0. The van der Waals surface area contributed by atoms with Crippen LogP contribution in [0.5, 0.6) is 0 Å². The fourth-order valence-corrected chi connectivity index (χ4v) is 2.61. The van der Waals surface area contributed by atoms with Gasteiger partial charge in [0.25, 0.3) is 0 Å². The number of halogens is 2. The molecular weight excluding hydrogens is 451 g/mol. The molecule has 0 amide bonds. The van der Waals surface area contributed by atoms with Crippen LogP contribution in [-0.4, -0.2) is 18.3 Å². The smallest absolute Gasteiger partial charge is 0.403 e. The molecule has 3 fully saturated rings. The van der Waals surface area contributed by atoms with Crippen LogP contribution in [0.15, 0.2) is 0 Å². The molecule has 2 saturated carbocycles. The molecule has 0 aromatic rings. The van der Waals surface area contributed by atoms with E-state index in [-0.39, 0.29) is 35.4 Å². The molecule has 3 rings (SSSR count). The van der Waals surface area contributed by atoms with Gasteiger partial charge in [0.05, 0.1) is 11.2 Å². The van der Waals surface area contributed by atoms with E-state index in [2.05, 4.69) is 59.6 Å². The second-order valence-corrected chi connectivity index (χ2v) is 7.89. The van der Waals surface area contributed by atoms with Crippen LogP contribution in [0.4, 0.5) is 0 Å². The van der Waals surface area contributed by atoms with Gasteiger partial charge in [-0.2, -0.15) is 0 Å². The van der Waals surface area contributed by atoms with E-state index in [1.807, 2.05) is 44.9 Å². The summed E-state index contributed by atoms with van der Waals surface area (Å²) in [4.78, 5) is 2.22. The summed E-state index contributed by atoms with van der Waals surface area (Å²) in [6, 6.07) is 0. The molecule has 1 heterocycles. The maximum Gasteiger partial charge on any atom is 2.00 e. The third-order valence-corrected chi connectivity index (χ3v) is 4.91. The first-order chi connectivity index (χ1) is 9.71. The van der Waals surface area contributed by atoms with E-state index < -0.39 is 0 Å². The Morgan fingerprint density at radius 1 is 0.818 bits per heavy atom. The van der Waals surface area contributed by atoms with Crippen molar-refractivity contribution in [3.05, 3.63) is 60.4 Å². The number of hydrogen-bond donors (Lipinski definition) is 0. The summed E-state index contributed by atoms with van der Waals surface area (Å²) in [5.74, 6) is 1.07. The van der Waals surface area contributed by atoms with Gasteiger partial charge in [-0.05, 0) is 72.6 Å². The molecule has 0 bridgehead atoms. The second-order valence-electron chi connectivity index (χ2n) is 6.05. The van der Waals surface area contributed by atoms with Gasteiger partial charge in [0.15, 0.2) is 0 Å². The van der Waals surface area contributed by atoms with Gasteiger partial charge in [0, 0.05) is 15.5 Å². The van der Waals surface area contributed by atoms with Gasteiger partial charge < -0.3 is 9.31 Å². The molecule has 22 heavy (non-hydrogen) atoms. The minimum absolute atomic E-state index is 0. The quantitative estimate of drug-likeness (QED) is 0.527. The van der Waals surface area contributed by atoms with Crippen LogP contribution in [0, 0.1) is 60.4 Å². The first-order valence-electron chi connectivity index (χ1n) is 6.86. The van der Waals surface area contributed by atoms with E-state index >= 15 is 0 Å². The largest absolute Gasteiger partial charge is 2.00 e. The molecule has 6 heteroatoms. The van der Waals surface area contributed by atoms with Crippen LogP contribution in [0.3, 0.4) is 0 Å². The van der Waals surface area contributed by atoms with Gasteiger partial charge in [0.2, 0.25) is 0 Å². The van der Waals surface area contributed by atoms with E-state index in [0.29, 0.717) is 0 Å². The van der Waals surface area contributed by atoms with Crippen molar-refractivity contribution in [1.29, 1.82) is 0 Å². The Morgan fingerprint density at radius 3 is 1.64 bits per heavy atom. The molecule has 0 aromatic heterocycles. The Morgan fingerprint density at radius 2 is 1.32 bits per heavy atom. The monoisotopic (exact) mass is 468 g/mol. The number of rotatable bonds is 1. The third-order valence-electron chi connectivity index (χ3n) is 3.89. The molecule has 2 aliphatic carbocycles. The zero-order chi connectivity index (χ0) is 15.7. The summed E-state index contributed by atoms with van der Waals surface area (Å²) in [6.45, 7) is 8.24. The first-order valence-corrected chi connectivity index (χ1v) is 8.45. The van der Waals surface area contributed by atoms with Crippen molar-refractivity contribution in [3.8, 4) is 0 Å². The third kappa shape index (κ3) is 5.49. The summed E-state index contributed by atoms with van der Waals surface area (Å²) >= 11 is 6.71. The zero-order valence-electron chi connectivity index (χ0n) is 13.0. The molecule has 1 aliphatic heterocycles. The van der Waals surface area contributed by atoms with Gasteiger partial charge in [-0.3, -0.25) is 0 Å². The van der Waals surface area contributed by atoms with Gasteiger partial charge in [-0.25, -0.2) is 0 Å². The maximum atomic E-state index is 5.92.